The number of hydrogen-bond acceptors (Lipinski definition) is 1. The minimum Gasteiger partial charge on any atom is -0.366 e. The van der Waals surface area contributed by atoms with Gasteiger partial charge in [-0.3, -0.25) is 4.79 Å². The lowest BCUT2D eigenvalue weighted by molar-refractivity contribution is 0.1000. The van der Waals surface area contributed by atoms with Crippen molar-refractivity contribution in [1.82, 2.24) is 0 Å². The Kier molecular flexibility index (Phi) is 4.28. The van der Waals surface area contributed by atoms with Crippen LogP contribution in [0.5, 0.6) is 0 Å². The third-order valence-electron chi connectivity index (χ3n) is 2.40. The normalized spacial score (nSPS) is 12.4. The largest absolute Gasteiger partial charge is 0.366 e. The molecular formula is C12H16FNO. The lowest BCUT2D eigenvalue weighted by Crippen LogP contribution is -2.11. The van der Waals surface area contributed by atoms with Crippen molar-refractivity contribution in [2.45, 2.75) is 32.4 Å². The van der Waals surface area contributed by atoms with Gasteiger partial charge in [0, 0.05) is 5.56 Å². The Labute approximate surface area is 89.3 Å². The standard InChI is InChI=1S/C12H16FNO/c1-2-11(13)7-6-9-4-3-5-10(8-9)12(14)15/h3-5,8,11H,2,6-7H2,1H3,(H2,14,15). The molecule has 0 bridgehead atoms. The summed E-state index contributed by atoms with van der Waals surface area (Å²) in [5.41, 5.74) is 6.60. The van der Waals surface area contributed by atoms with Gasteiger partial charge in [0.15, 0.2) is 0 Å². The second-order valence-corrected chi connectivity index (χ2v) is 3.61. The third-order valence-corrected chi connectivity index (χ3v) is 2.40. The molecule has 1 amide bonds. The highest BCUT2D eigenvalue weighted by molar-refractivity contribution is 5.92. The highest BCUT2D eigenvalue weighted by Crippen LogP contribution is 2.11. The molecule has 0 saturated heterocycles. The molecule has 0 fully saturated rings. The number of carbonyl (C=O) groups is 1. The second kappa shape index (κ2) is 5.49. The van der Waals surface area contributed by atoms with E-state index in [1.807, 2.05) is 13.0 Å². The van der Waals surface area contributed by atoms with E-state index in [-0.39, 0.29) is 0 Å². The van der Waals surface area contributed by atoms with Crippen LogP contribution >= 0.6 is 0 Å². The molecule has 1 rings (SSSR count). The smallest absolute Gasteiger partial charge is 0.248 e. The number of alkyl halides is 1. The minimum absolute atomic E-state index is 0.441. The second-order valence-electron chi connectivity index (χ2n) is 3.61. The number of hydrogen-bond donors (Lipinski definition) is 1. The van der Waals surface area contributed by atoms with Gasteiger partial charge in [-0.05, 0) is 37.0 Å². The SMILES string of the molecule is CCC(F)CCc1cccc(C(N)=O)c1. The molecule has 1 aromatic rings. The maximum absolute atomic E-state index is 13.0. The van der Waals surface area contributed by atoms with E-state index in [0.717, 1.165) is 5.56 Å². The van der Waals surface area contributed by atoms with Crippen LogP contribution in [0.15, 0.2) is 24.3 Å². The first-order chi connectivity index (χ1) is 7.13. The summed E-state index contributed by atoms with van der Waals surface area (Å²) in [6.45, 7) is 1.82. The van der Waals surface area contributed by atoms with Crippen molar-refractivity contribution in [2.75, 3.05) is 0 Å². The number of aryl methyl sites for hydroxylation is 1. The average Bonchev–Trinajstić information content (AvgIpc) is 2.26. The van der Waals surface area contributed by atoms with Crippen molar-refractivity contribution < 1.29 is 9.18 Å². The molecule has 2 N–H and O–H groups in total. The van der Waals surface area contributed by atoms with E-state index in [1.165, 1.54) is 0 Å². The predicted octanol–water partition coefficient (Wildman–Crippen LogP) is 2.47. The first-order valence-corrected chi connectivity index (χ1v) is 5.16. The van der Waals surface area contributed by atoms with Crippen molar-refractivity contribution in [2.24, 2.45) is 5.73 Å². The first-order valence-electron chi connectivity index (χ1n) is 5.16. The number of carbonyl (C=O) groups excluding carboxylic acids is 1. The Morgan fingerprint density at radius 3 is 2.87 bits per heavy atom. The van der Waals surface area contributed by atoms with E-state index in [2.05, 4.69) is 0 Å². The predicted molar refractivity (Wildman–Crippen MR) is 58.5 cm³/mol. The van der Waals surface area contributed by atoms with Crippen LogP contribution in [0, 0.1) is 0 Å². The summed E-state index contributed by atoms with van der Waals surface area (Å²) in [7, 11) is 0. The zero-order valence-electron chi connectivity index (χ0n) is 8.87. The van der Waals surface area contributed by atoms with Crippen molar-refractivity contribution in [3.63, 3.8) is 0 Å². The minimum atomic E-state index is -0.762. The van der Waals surface area contributed by atoms with Crippen LogP contribution in [0.2, 0.25) is 0 Å². The maximum Gasteiger partial charge on any atom is 0.248 e. The number of rotatable bonds is 5. The Balaban J connectivity index is 2.62. The van der Waals surface area contributed by atoms with E-state index in [0.29, 0.717) is 24.8 Å². The fraction of sp³-hybridized carbons (Fsp3) is 0.417. The van der Waals surface area contributed by atoms with Crippen LogP contribution in [0.1, 0.15) is 35.7 Å². The van der Waals surface area contributed by atoms with Crippen molar-refractivity contribution in [3.05, 3.63) is 35.4 Å². The van der Waals surface area contributed by atoms with Crippen molar-refractivity contribution in [3.8, 4) is 0 Å². The zero-order valence-corrected chi connectivity index (χ0v) is 8.87. The van der Waals surface area contributed by atoms with Crippen LogP contribution in [-0.4, -0.2) is 12.1 Å². The Hall–Kier alpha value is -1.38. The molecule has 3 heteroatoms. The van der Waals surface area contributed by atoms with Gasteiger partial charge in [0.25, 0.3) is 0 Å². The molecular weight excluding hydrogens is 193 g/mol. The number of benzene rings is 1. The van der Waals surface area contributed by atoms with E-state index >= 15 is 0 Å². The lowest BCUT2D eigenvalue weighted by atomic mass is 10.0. The summed E-state index contributed by atoms with van der Waals surface area (Å²) in [5.74, 6) is -0.441. The van der Waals surface area contributed by atoms with Gasteiger partial charge in [0.2, 0.25) is 5.91 Å². The van der Waals surface area contributed by atoms with Crippen molar-refractivity contribution in [1.29, 1.82) is 0 Å². The third kappa shape index (κ3) is 3.70. The van der Waals surface area contributed by atoms with E-state index in [4.69, 9.17) is 5.73 Å². The van der Waals surface area contributed by atoms with Gasteiger partial charge in [-0.15, -0.1) is 0 Å². The summed E-state index contributed by atoms with van der Waals surface area (Å²) in [6.07, 6.45) is 0.923. The molecule has 2 nitrogen and oxygen atoms in total. The number of primary amides is 1. The Morgan fingerprint density at radius 1 is 1.53 bits per heavy atom. The Bertz CT molecular complexity index is 338. The highest BCUT2D eigenvalue weighted by Gasteiger charge is 2.05. The molecule has 0 spiro atoms. The molecule has 1 atom stereocenters. The van der Waals surface area contributed by atoms with Crippen LogP contribution < -0.4 is 5.73 Å². The van der Waals surface area contributed by atoms with E-state index < -0.39 is 12.1 Å². The molecule has 1 unspecified atom stereocenters. The summed E-state index contributed by atoms with van der Waals surface area (Å²) in [4.78, 5) is 10.9. The molecule has 82 valence electrons. The van der Waals surface area contributed by atoms with Crippen LogP contribution in [0.4, 0.5) is 4.39 Å². The molecule has 0 aliphatic carbocycles. The zero-order chi connectivity index (χ0) is 11.3. The molecule has 0 aliphatic rings. The van der Waals surface area contributed by atoms with E-state index in [1.54, 1.807) is 18.2 Å². The highest BCUT2D eigenvalue weighted by atomic mass is 19.1. The summed E-state index contributed by atoms with van der Waals surface area (Å²) < 4.78 is 13.0. The van der Waals surface area contributed by atoms with E-state index in [9.17, 15) is 9.18 Å². The lowest BCUT2D eigenvalue weighted by Gasteiger charge is -2.05. The number of amides is 1. The van der Waals surface area contributed by atoms with Gasteiger partial charge >= 0.3 is 0 Å². The Morgan fingerprint density at radius 2 is 2.27 bits per heavy atom. The molecule has 0 saturated carbocycles. The quantitative estimate of drug-likeness (QED) is 0.795. The number of halogens is 1. The van der Waals surface area contributed by atoms with Crippen LogP contribution in [-0.2, 0) is 6.42 Å². The van der Waals surface area contributed by atoms with Gasteiger partial charge in [-0.25, -0.2) is 4.39 Å². The fourth-order valence-corrected chi connectivity index (χ4v) is 1.41. The van der Waals surface area contributed by atoms with Crippen LogP contribution in [0.3, 0.4) is 0 Å². The molecule has 1 aromatic carbocycles. The van der Waals surface area contributed by atoms with Crippen molar-refractivity contribution >= 4 is 5.91 Å². The summed E-state index contributed by atoms with van der Waals surface area (Å²) in [6, 6.07) is 7.05. The fourth-order valence-electron chi connectivity index (χ4n) is 1.41. The molecule has 15 heavy (non-hydrogen) atoms. The topological polar surface area (TPSA) is 43.1 Å². The number of nitrogens with two attached hydrogens (primary N) is 1. The molecule has 0 aromatic heterocycles. The van der Waals surface area contributed by atoms with Gasteiger partial charge in [-0.1, -0.05) is 19.1 Å². The van der Waals surface area contributed by atoms with Gasteiger partial charge in [0.1, 0.15) is 6.17 Å². The summed E-state index contributed by atoms with van der Waals surface area (Å²) in [5, 5.41) is 0. The molecule has 0 aliphatic heterocycles. The maximum atomic E-state index is 13.0. The first kappa shape index (κ1) is 11.7. The summed E-state index contributed by atoms with van der Waals surface area (Å²) >= 11 is 0. The monoisotopic (exact) mass is 209 g/mol. The average molecular weight is 209 g/mol. The molecule has 0 radical (unpaired) electrons. The molecule has 0 heterocycles. The van der Waals surface area contributed by atoms with Gasteiger partial charge in [-0.2, -0.15) is 0 Å². The van der Waals surface area contributed by atoms with Crippen LogP contribution in [0.25, 0.3) is 0 Å². The van der Waals surface area contributed by atoms with Gasteiger partial charge in [0.05, 0.1) is 0 Å². The van der Waals surface area contributed by atoms with Gasteiger partial charge < -0.3 is 5.73 Å².